The van der Waals surface area contributed by atoms with Crippen molar-refractivity contribution in [2.24, 2.45) is 0 Å². The molecule has 1 heterocycles. The van der Waals surface area contributed by atoms with Gasteiger partial charge in [-0.2, -0.15) is 0 Å². The maximum atomic E-state index is 11.9. The number of amides is 1. The molecule has 4 nitrogen and oxygen atoms in total. The summed E-state index contributed by atoms with van der Waals surface area (Å²) in [5.74, 6) is 0.319. The summed E-state index contributed by atoms with van der Waals surface area (Å²) in [5.41, 5.74) is -0.815. The number of aromatic nitrogens is 1. The van der Waals surface area contributed by atoms with Gasteiger partial charge in [0.25, 0.3) is 5.91 Å². The average Bonchev–Trinajstić information content (AvgIpc) is 2.28. The Balaban J connectivity index is 2.78. The highest BCUT2D eigenvalue weighted by Gasteiger charge is 2.31. The normalized spacial score (nSPS) is 14.2. The smallest absolute Gasteiger partial charge is 0.257 e. The number of carbonyl (C=O) groups excluding carboxylic acids is 1. The van der Waals surface area contributed by atoms with Crippen LogP contribution < -0.4 is 5.32 Å². The van der Waals surface area contributed by atoms with Crippen LogP contribution in [0, 0.1) is 0 Å². The van der Waals surface area contributed by atoms with E-state index in [4.69, 9.17) is 4.74 Å². The van der Waals surface area contributed by atoms with Gasteiger partial charge in [-0.05, 0) is 41.4 Å². The number of ether oxygens (including phenoxy) is 1. The van der Waals surface area contributed by atoms with E-state index in [0.717, 1.165) is 0 Å². The molecule has 0 fully saturated rings. The van der Waals surface area contributed by atoms with Gasteiger partial charge in [-0.3, -0.25) is 4.79 Å². The highest BCUT2D eigenvalue weighted by molar-refractivity contribution is 9.10. The highest BCUT2D eigenvalue weighted by atomic mass is 79.9. The fraction of sp³-hybridized carbons (Fsp3) is 0.455. The number of pyridine rings is 1. The summed E-state index contributed by atoms with van der Waals surface area (Å²) in [7, 11) is 1.53. The molecule has 0 bridgehead atoms. The number of hydrogen-bond donors (Lipinski definition) is 1. The Bertz CT molecular complexity index is 378. The minimum atomic E-state index is -0.815. The van der Waals surface area contributed by atoms with E-state index in [1.165, 1.54) is 7.11 Å². The summed E-state index contributed by atoms with van der Waals surface area (Å²) in [6, 6.07) is 5.34. The van der Waals surface area contributed by atoms with Crippen molar-refractivity contribution in [2.45, 2.75) is 25.9 Å². The van der Waals surface area contributed by atoms with Gasteiger partial charge in [0.1, 0.15) is 16.0 Å². The Morgan fingerprint density at radius 2 is 2.31 bits per heavy atom. The van der Waals surface area contributed by atoms with Gasteiger partial charge in [0.15, 0.2) is 0 Å². The van der Waals surface area contributed by atoms with Crippen molar-refractivity contribution in [3.05, 3.63) is 22.8 Å². The molecule has 1 aromatic heterocycles. The molecule has 0 spiro atoms. The average molecular weight is 287 g/mol. The maximum absolute atomic E-state index is 11.9. The zero-order valence-corrected chi connectivity index (χ0v) is 11.2. The van der Waals surface area contributed by atoms with Crippen LogP contribution in [0.15, 0.2) is 22.8 Å². The molecule has 1 N–H and O–H groups in total. The van der Waals surface area contributed by atoms with Crippen LogP contribution in [0.4, 0.5) is 5.82 Å². The largest absolute Gasteiger partial charge is 0.369 e. The second-order valence-electron chi connectivity index (χ2n) is 3.59. The van der Waals surface area contributed by atoms with Crippen molar-refractivity contribution >= 4 is 27.7 Å². The summed E-state index contributed by atoms with van der Waals surface area (Å²) >= 11 is 3.24. The maximum Gasteiger partial charge on any atom is 0.257 e. The zero-order chi connectivity index (χ0) is 12.2. The van der Waals surface area contributed by atoms with Crippen LogP contribution >= 0.6 is 15.9 Å². The SMILES string of the molecule is CCC(C)(OC)C(=O)Nc1cccc(Br)n1. The van der Waals surface area contributed by atoms with Gasteiger partial charge >= 0.3 is 0 Å². The molecule has 5 heteroatoms. The predicted molar refractivity (Wildman–Crippen MR) is 66.3 cm³/mol. The Labute approximate surface area is 104 Å². The second-order valence-corrected chi connectivity index (χ2v) is 4.40. The predicted octanol–water partition coefficient (Wildman–Crippen LogP) is 2.60. The molecule has 1 amide bonds. The van der Waals surface area contributed by atoms with Crippen LogP contribution in [0.25, 0.3) is 0 Å². The number of halogens is 1. The van der Waals surface area contributed by atoms with Crippen LogP contribution in [-0.4, -0.2) is 23.6 Å². The van der Waals surface area contributed by atoms with Gasteiger partial charge in [-0.15, -0.1) is 0 Å². The molecule has 16 heavy (non-hydrogen) atoms. The van der Waals surface area contributed by atoms with Crippen LogP contribution in [-0.2, 0) is 9.53 Å². The van der Waals surface area contributed by atoms with Crippen molar-refractivity contribution in [1.29, 1.82) is 0 Å². The molecular weight excluding hydrogens is 272 g/mol. The first kappa shape index (κ1) is 13.1. The van der Waals surface area contributed by atoms with E-state index in [9.17, 15) is 4.79 Å². The minimum absolute atomic E-state index is 0.192. The number of nitrogens with one attached hydrogen (secondary N) is 1. The number of rotatable bonds is 4. The molecule has 1 rings (SSSR count). The molecular formula is C11H15BrN2O2. The van der Waals surface area contributed by atoms with E-state index >= 15 is 0 Å². The fourth-order valence-corrected chi connectivity index (χ4v) is 1.47. The van der Waals surface area contributed by atoms with E-state index in [0.29, 0.717) is 16.8 Å². The minimum Gasteiger partial charge on any atom is -0.369 e. The molecule has 0 radical (unpaired) electrons. The summed E-state index contributed by atoms with van der Waals surface area (Å²) < 4.78 is 5.88. The summed E-state index contributed by atoms with van der Waals surface area (Å²) in [6.07, 6.45) is 0.601. The van der Waals surface area contributed by atoms with Crippen molar-refractivity contribution in [1.82, 2.24) is 4.98 Å². The molecule has 0 aliphatic carbocycles. The molecule has 1 atom stereocenters. The third kappa shape index (κ3) is 3.02. The van der Waals surface area contributed by atoms with Gasteiger partial charge in [0, 0.05) is 7.11 Å². The van der Waals surface area contributed by atoms with E-state index in [2.05, 4.69) is 26.2 Å². The Morgan fingerprint density at radius 1 is 1.62 bits per heavy atom. The van der Waals surface area contributed by atoms with E-state index in [-0.39, 0.29) is 5.91 Å². The number of nitrogens with zero attached hydrogens (tertiary/aromatic N) is 1. The number of methoxy groups -OCH3 is 1. The molecule has 0 saturated heterocycles. The van der Waals surface area contributed by atoms with E-state index < -0.39 is 5.60 Å². The molecule has 0 aliphatic rings. The lowest BCUT2D eigenvalue weighted by Gasteiger charge is -2.24. The first-order valence-electron chi connectivity index (χ1n) is 5.01. The van der Waals surface area contributed by atoms with Crippen LogP contribution in [0.3, 0.4) is 0 Å². The lowest BCUT2D eigenvalue weighted by molar-refractivity contribution is -0.136. The first-order chi connectivity index (χ1) is 7.51. The zero-order valence-electron chi connectivity index (χ0n) is 9.58. The molecule has 1 unspecified atom stereocenters. The third-order valence-electron chi connectivity index (χ3n) is 2.56. The van der Waals surface area contributed by atoms with Crippen LogP contribution in [0.1, 0.15) is 20.3 Å². The Kier molecular flexibility index (Phi) is 4.44. The summed E-state index contributed by atoms with van der Waals surface area (Å²) in [6.45, 7) is 3.65. The number of anilines is 1. The molecule has 0 aliphatic heterocycles. The molecule has 1 aromatic rings. The Hall–Kier alpha value is -0.940. The van der Waals surface area contributed by atoms with Gasteiger partial charge < -0.3 is 10.1 Å². The van der Waals surface area contributed by atoms with E-state index in [1.54, 1.807) is 19.1 Å². The second kappa shape index (κ2) is 5.41. The quantitative estimate of drug-likeness (QED) is 0.866. The van der Waals surface area contributed by atoms with Gasteiger partial charge in [-0.25, -0.2) is 4.98 Å². The van der Waals surface area contributed by atoms with Gasteiger partial charge in [0.05, 0.1) is 0 Å². The van der Waals surface area contributed by atoms with Crippen molar-refractivity contribution in [2.75, 3.05) is 12.4 Å². The van der Waals surface area contributed by atoms with Crippen molar-refractivity contribution in [3.8, 4) is 0 Å². The summed E-state index contributed by atoms with van der Waals surface area (Å²) in [4.78, 5) is 16.0. The van der Waals surface area contributed by atoms with Crippen molar-refractivity contribution < 1.29 is 9.53 Å². The standard InChI is InChI=1S/C11H15BrN2O2/c1-4-11(2,16-3)10(15)14-9-7-5-6-8(12)13-9/h5-7H,4H2,1-3H3,(H,13,14,15). The molecule has 0 saturated carbocycles. The number of carbonyl (C=O) groups is 1. The Morgan fingerprint density at radius 3 is 2.81 bits per heavy atom. The van der Waals surface area contributed by atoms with Crippen molar-refractivity contribution in [3.63, 3.8) is 0 Å². The first-order valence-corrected chi connectivity index (χ1v) is 5.80. The highest BCUT2D eigenvalue weighted by Crippen LogP contribution is 2.17. The van der Waals surface area contributed by atoms with Gasteiger partial charge in [0.2, 0.25) is 0 Å². The lowest BCUT2D eigenvalue weighted by atomic mass is 10.0. The van der Waals surface area contributed by atoms with Crippen LogP contribution in [0.2, 0.25) is 0 Å². The van der Waals surface area contributed by atoms with E-state index in [1.807, 2.05) is 13.0 Å². The molecule has 88 valence electrons. The molecule has 0 aromatic carbocycles. The number of hydrogen-bond acceptors (Lipinski definition) is 3. The fourth-order valence-electron chi connectivity index (χ4n) is 1.12. The lowest BCUT2D eigenvalue weighted by Crippen LogP contribution is -2.41. The third-order valence-corrected chi connectivity index (χ3v) is 3.00. The monoisotopic (exact) mass is 286 g/mol. The van der Waals surface area contributed by atoms with Crippen LogP contribution in [0.5, 0.6) is 0 Å². The summed E-state index contributed by atoms with van der Waals surface area (Å²) in [5, 5.41) is 2.72. The van der Waals surface area contributed by atoms with Gasteiger partial charge in [-0.1, -0.05) is 13.0 Å². The topological polar surface area (TPSA) is 51.2 Å².